The van der Waals surface area contributed by atoms with Crippen molar-refractivity contribution < 1.29 is 4.79 Å². The van der Waals surface area contributed by atoms with Crippen LogP contribution in [0.4, 0.5) is 0 Å². The lowest BCUT2D eigenvalue weighted by Gasteiger charge is -2.31. The Morgan fingerprint density at radius 1 is 1.09 bits per heavy atom. The van der Waals surface area contributed by atoms with Crippen LogP contribution in [0.2, 0.25) is 0 Å². The van der Waals surface area contributed by atoms with Crippen LogP contribution < -0.4 is 0 Å². The van der Waals surface area contributed by atoms with E-state index >= 15 is 0 Å². The number of nitrogens with zero attached hydrogens (tertiary/aromatic N) is 5. The fourth-order valence-electron chi connectivity index (χ4n) is 4.33. The third kappa shape index (κ3) is 4.54. The number of aromatic nitrogens is 4. The van der Waals surface area contributed by atoms with Crippen molar-refractivity contribution in [2.24, 2.45) is 0 Å². The van der Waals surface area contributed by atoms with Crippen LogP contribution in [0, 0.1) is 20.8 Å². The van der Waals surface area contributed by atoms with Crippen LogP contribution in [0.25, 0.3) is 15.9 Å². The maximum Gasteiger partial charge on any atom is 0.233 e. The average molecular weight is 478 g/mol. The van der Waals surface area contributed by atoms with Gasteiger partial charge in [-0.2, -0.15) is 0 Å². The van der Waals surface area contributed by atoms with Crippen molar-refractivity contribution in [2.75, 3.05) is 18.8 Å². The molecule has 0 saturated carbocycles. The molecule has 0 aliphatic carbocycles. The van der Waals surface area contributed by atoms with Crippen molar-refractivity contribution >= 4 is 39.2 Å². The molecule has 4 aromatic rings. The molecule has 1 amide bonds. The Labute approximate surface area is 202 Å². The Morgan fingerprint density at radius 3 is 2.67 bits per heavy atom. The van der Waals surface area contributed by atoms with E-state index in [4.69, 9.17) is 4.98 Å². The number of aryl methyl sites for hydroxylation is 3. The lowest BCUT2D eigenvalue weighted by atomic mass is 9.97. The number of hydrogen-bond acceptors (Lipinski definition) is 6. The number of carbonyl (C=O) groups excluding carboxylic acids is 1. The summed E-state index contributed by atoms with van der Waals surface area (Å²) >= 11 is 3.26. The quantitative estimate of drug-likeness (QED) is 0.365. The van der Waals surface area contributed by atoms with Gasteiger partial charge in [0.25, 0.3) is 0 Å². The number of rotatable bonds is 5. The Balaban J connectivity index is 1.22. The minimum absolute atomic E-state index is 0.163. The van der Waals surface area contributed by atoms with Gasteiger partial charge >= 0.3 is 0 Å². The molecule has 1 aliphatic heterocycles. The summed E-state index contributed by atoms with van der Waals surface area (Å²) in [6, 6.07) is 14.7. The average Bonchev–Trinajstić information content (AvgIpc) is 3.42. The molecule has 5 rings (SSSR count). The van der Waals surface area contributed by atoms with E-state index in [1.807, 2.05) is 17.9 Å². The van der Waals surface area contributed by atoms with Gasteiger partial charge in [0, 0.05) is 19.0 Å². The van der Waals surface area contributed by atoms with Gasteiger partial charge in [-0.05, 0) is 62.9 Å². The van der Waals surface area contributed by atoms with E-state index in [-0.39, 0.29) is 5.91 Å². The van der Waals surface area contributed by atoms with Crippen LogP contribution in [0.15, 0.2) is 47.6 Å². The van der Waals surface area contributed by atoms with Crippen LogP contribution >= 0.6 is 23.1 Å². The highest BCUT2D eigenvalue weighted by atomic mass is 32.2. The molecular weight excluding hydrogens is 450 g/mol. The summed E-state index contributed by atoms with van der Waals surface area (Å²) < 4.78 is 3.30. The maximum absolute atomic E-state index is 13.0. The molecule has 0 bridgehead atoms. The van der Waals surface area contributed by atoms with Crippen LogP contribution in [-0.2, 0) is 4.79 Å². The van der Waals surface area contributed by atoms with Crippen LogP contribution in [0.5, 0.6) is 0 Å². The summed E-state index contributed by atoms with van der Waals surface area (Å²) in [6.07, 6.45) is 1.93. The number of thiazole rings is 1. The highest BCUT2D eigenvalue weighted by Crippen LogP contribution is 2.34. The van der Waals surface area contributed by atoms with Crippen molar-refractivity contribution in [1.29, 1.82) is 0 Å². The highest BCUT2D eigenvalue weighted by Gasteiger charge is 2.26. The van der Waals surface area contributed by atoms with E-state index in [0.717, 1.165) is 53.7 Å². The third-order valence-electron chi connectivity index (χ3n) is 6.23. The lowest BCUT2D eigenvalue weighted by Crippen LogP contribution is -2.39. The number of fused-ring (bicyclic) bond motifs is 1. The smallest absolute Gasteiger partial charge is 0.233 e. The summed E-state index contributed by atoms with van der Waals surface area (Å²) in [6.45, 7) is 7.68. The molecule has 0 atom stereocenters. The first-order valence-corrected chi connectivity index (χ1v) is 13.1. The van der Waals surface area contributed by atoms with Crippen molar-refractivity contribution in [1.82, 2.24) is 24.6 Å². The van der Waals surface area contributed by atoms with Gasteiger partial charge in [0.2, 0.25) is 5.91 Å². The summed E-state index contributed by atoms with van der Waals surface area (Å²) in [7, 11) is 0. The SMILES string of the molecule is Cc1ccc(C)c(-n2c(C)nnc2SCC(=O)N2CCC(c3nc4ccccc4s3)CC2)c1. The zero-order valence-corrected chi connectivity index (χ0v) is 20.7. The van der Waals surface area contributed by atoms with E-state index in [2.05, 4.69) is 65.0 Å². The largest absolute Gasteiger partial charge is 0.342 e. The predicted molar refractivity (Wildman–Crippen MR) is 134 cm³/mol. The minimum atomic E-state index is 0.163. The van der Waals surface area contributed by atoms with Gasteiger partial charge in [-0.1, -0.05) is 36.0 Å². The molecule has 1 saturated heterocycles. The molecule has 0 unspecified atom stereocenters. The first-order valence-electron chi connectivity index (χ1n) is 11.3. The van der Waals surface area contributed by atoms with Gasteiger partial charge in [0.1, 0.15) is 5.82 Å². The Morgan fingerprint density at radius 2 is 1.88 bits per heavy atom. The molecule has 0 N–H and O–H groups in total. The summed E-state index contributed by atoms with van der Waals surface area (Å²) in [5.41, 5.74) is 4.50. The molecule has 0 spiro atoms. The molecule has 2 aromatic carbocycles. The fourth-order valence-corrected chi connectivity index (χ4v) is 6.36. The minimum Gasteiger partial charge on any atom is -0.342 e. The fraction of sp³-hybridized carbons (Fsp3) is 0.360. The Hall–Kier alpha value is -2.71. The number of piperidine rings is 1. The summed E-state index contributed by atoms with van der Waals surface area (Å²) in [5.74, 6) is 1.80. The van der Waals surface area contributed by atoms with Crippen molar-refractivity contribution in [3.05, 3.63) is 64.4 Å². The number of carbonyl (C=O) groups is 1. The second-order valence-electron chi connectivity index (χ2n) is 8.62. The van der Waals surface area contributed by atoms with E-state index in [9.17, 15) is 4.79 Å². The van der Waals surface area contributed by atoms with Crippen LogP contribution in [-0.4, -0.2) is 49.4 Å². The molecule has 1 aliphatic rings. The number of thioether (sulfide) groups is 1. The zero-order valence-electron chi connectivity index (χ0n) is 19.1. The van der Waals surface area contributed by atoms with Gasteiger partial charge in [-0.15, -0.1) is 21.5 Å². The zero-order chi connectivity index (χ0) is 22.9. The topological polar surface area (TPSA) is 63.9 Å². The Kier molecular flexibility index (Phi) is 6.21. The maximum atomic E-state index is 13.0. The van der Waals surface area contributed by atoms with Crippen molar-refractivity contribution in [3.63, 3.8) is 0 Å². The summed E-state index contributed by atoms with van der Waals surface area (Å²) in [4.78, 5) is 19.8. The number of likely N-dealkylation sites (tertiary alicyclic amines) is 1. The van der Waals surface area contributed by atoms with Gasteiger partial charge in [-0.3, -0.25) is 9.36 Å². The molecule has 8 heteroatoms. The van der Waals surface area contributed by atoms with Crippen molar-refractivity contribution in [2.45, 2.75) is 44.7 Å². The molecular formula is C25H27N5OS2. The van der Waals surface area contributed by atoms with Crippen LogP contribution in [0.1, 0.15) is 40.7 Å². The van der Waals surface area contributed by atoms with E-state index in [1.165, 1.54) is 27.0 Å². The van der Waals surface area contributed by atoms with Crippen molar-refractivity contribution in [3.8, 4) is 5.69 Å². The normalized spacial score (nSPS) is 14.8. The first-order chi connectivity index (χ1) is 16.0. The first kappa shape index (κ1) is 22.1. The molecule has 33 heavy (non-hydrogen) atoms. The molecule has 0 radical (unpaired) electrons. The molecule has 6 nitrogen and oxygen atoms in total. The highest BCUT2D eigenvalue weighted by molar-refractivity contribution is 7.99. The molecule has 2 aromatic heterocycles. The molecule has 1 fully saturated rings. The third-order valence-corrected chi connectivity index (χ3v) is 8.35. The van der Waals surface area contributed by atoms with Crippen LogP contribution in [0.3, 0.4) is 0 Å². The molecule has 170 valence electrons. The predicted octanol–water partition coefficient (Wildman–Crippen LogP) is 5.30. The number of benzene rings is 2. The monoisotopic (exact) mass is 477 g/mol. The lowest BCUT2D eigenvalue weighted by molar-refractivity contribution is -0.129. The number of amides is 1. The van der Waals surface area contributed by atoms with E-state index in [1.54, 1.807) is 11.3 Å². The number of hydrogen-bond donors (Lipinski definition) is 0. The van der Waals surface area contributed by atoms with Gasteiger partial charge in [-0.25, -0.2) is 4.98 Å². The van der Waals surface area contributed by atoms with Gasteiger partial charge in [0.05, 0.1) is 26.7 Å². The van der Waals surface area contributed by atoms with Gasteiger partial charge < -0.3 is 4.90 Å². The summed E-state index contributed by atoms with van der Waals surface area (Å²) in [5, 5.41) is 10.6. The van der Waals surface area contributed by atoms with Gasteiger partial charge in [0.15, 0.2) is 5.16 Å². The second kappa shape index (κ2) is 9.27. The molecule has 3 heterocycles. The second-order valence-corrected chi connectivity index (χ2v) is 10.6. The Bertz CT molecular complexity index is 1270. The van der Waals surface area contributed by atoms with E-state index < -0.39 is 0 Å². The standard InChI is InChI=1S/C25H27N5OS2/c1-16-8-9-17(2)21(14-16)30-18(3)27-28-25(30)32-15-23(31)29-12-10-19(11-13-29)24-26-20-6-4-5-7-22(20)33-24/h4-9,14,19H,10-13,15H2,1-3H3. The van der Waals surface area contributed by atoms with E-state index in [0.29, 0.717) is 11.7 Å². The number of para-hydroxylation sites is 1.